The van der Waals surface area contributed by atoms with E-state index in [1.807, 2.05) is 0 Å². The van der Waals surface area contributed by atoms with Gasteiger partial charge in [0.1, 0.15) is 5.82 Å². The van der Waals surface area contributed by atoms with Crippen LogP contribution in [0.15, 0.2) is 41.3 Å². The maximum atomic E-state index is 14.3. The van der Waals surface area contributed by atoms with Gasteiger partial charge in [0.05, 0.1) is 22.8 Å². The van der Waals surface area contributed by atoms with E-state index in [1.54, 1.807) is 0 Å². The summed E-state index contributed by atoms with van der Waals surface area (Å²) in [7, 11) is -4.18. The van der Waals surface area contributed by atoms with Gasteiger partial charge in [0.15, 0.2) is 15.5 Å². The molecule has 3 rings (SSSR count). The quantitative estimate of drug-likeness (QED) is 0.367. The van der Waals surface area contributed by atoms with E-state index in [4.69, 9.17) is 6.57 Å². The third-order valence-electron chi connectivity index (χ3n) is 5.93. The third-order valence-corrected chi connectivity index (χ3v) is 7.86. The second-order valence-electron chi connectivity index (χ2n) is 8.87. The highest BCUT2D eigenvalue weighted by molar-refractivity contribution is 7.91. The van der Waals surface area contributed by atoms with Gasteiger partial charge >= 0.3 is 6.18 Å². The Hall–Kier alpha value is -2.40. The van der Waals surface area contributed by atoms with Crippen LogP contribution < -0.4 is 0 Å². The molecule has 0 aromatic heterocycles. The second-order valence-corrected chi connectivity index (χ2v) is 10.9. The summed E-state index contributed by atoms with van der Waals surface area (Å²) >= 11 is 0. The van der Waals surface area contributed by atoms with Crippen LogP contribution in [0.2, 0.25) is 0 Å². The predicted octanol–water partition coefficient (Wildman–Crippen LogP) is 7.05. The fourth-order valence-electron chi connectivity index (χ4n) is 4.02. The Morgan fingerprint density at radius 1 is 1.10 bits per heavy atom. The van der Waals surface area contributed by atoms with E-state index in [0.717, 1.165) is 25.0 Å². The zero-order chi connectivity index (χ0) is 23.0. The van der Waals surface area contributed by atoms with Crippen molar-refractivity contribution in [3.63, 3.8) is 0 Å². The van der Waals surface area contributed by atoms with Crippen LogP contribution in [0.25, 0.3) is 16.0 Å². The van der Waals surface area contributed by atoms with Crippen LogP contribution in [0.3, 0.4) is 0 Å². The van der Waals surface area contributed by atoms with Crippen molar-refractivity contribution in [2.45, 2.75) is 50.6 Å². The Bertz CT molecular complexity index is 1120. The standard InChI is InChI=1S/C23H23F4NO2S/c1-22(2)10-8-15(9-11-22)14-31(29,30)21-7-4-16(12-19(21)23(25,26)27)18-6-5-17(28-3)13-20(18)24/h4-7,12-13,15H,8-11,14H2,1-2H3. The van der Waals surface area contributed by atoms with Gasteiger partial charge in [0, 0.05) is 5.56 Å². The molecule has 0 heterocycles. The van der Waals surface area contributed by atoms with E-state index in [0.29, 0.717) is 18.9 Å². The number of benzene rings is 2. The van der Waals surface area contributed by atoms with Crippen LogP contribution in [0.4, 0.5) is 23.2 Å². The molecular weight excluding hydrogens is 430 g/mol. The van der Waals surface area contributed by atoms with E-state index in [2.05, 4.69) is 18.7 Å². The van der Waals surface area contributed by atoms with Crippen molar-refractivity contribution in [3.05, 3.63) is 59.2 Å². The molecule has 8 heteroatoms. The number of rotatable bonds is 4. The molecule has 0 saturated heterocycles. The fourth-order valence-corrected chi connectivity index (χ4v) is 5.94. The first-order chi connectivity index (χ1) is 14.3. The number of nitrogens with zero attached hydrogens (tertiary/aromatic N) is 1. The number of sulfone groups is 1. The zero-order valence-electron chi connectivity index (χ0n) is 17.3. The smallest absolute Gasteiger partial charge is 0.238 e. The lowest BCUT2D eigenvalue weighted by Crippen LogP contribution is -2.27. The highest BCUT2D eigenvalue weighted by Crippen LogP contribution is 2.41. The number of hydrogen-bond acceptors (Lipinski definition) is 2. The van der Waals surface area contributed by atoms with Gasteiger partial charge in [-0.2, -0.15) is 13.2 Å². The van der Waals surface area contributed by atoms with Gasteiger partial charge in [-0.15, -0.1) is 0 Å². The average molecular weight is 454 g/mol. The second kappa shape index (κ2) is 8.27. The van der Waals surface area contributed by atoms with Gasteiger partial charge in [-0.05, 0) is 60.8 Å². The molecule has 3 nitrogen and oxygen atoms in total. The molecule has 0 spiro atoms. The Labute approximate surface area is 179 Å². The molecule has 0 radical (unpaired) electrons. The zero-order valence-corrected chi connectivity index (χ0v) is 18.1. The van der Waals surface area contributed by atoms with E-state index in [1.165, 1.54) is 18.2 Å². The third kappa shape index (κ3) is 5.27. The maximum absolute atomic E-state index is 14.3. The van der Waals surface area contributed by atoms with Crippen LogP contribution in [0, 0.1) is 23.7 Å². The monoisotopic (exact) mass is 453 g/mol. The first-order valence-corrected chi connectivity index (χ1v) is 11.6. The number of alkyl halides is 3. The SMILES string of the molecule is [C-]#[N+]c1ccc(-c2ccc(S(=O)(=O)CC3CCC(C)(C)CC3)c(C(F)(F)F)c2)c(F)c1. The minimum Gasteiger partial charge on any atom is -0.238 e. The highest BCUT2D eigenvalue weighted by atomic mass is 32.2. The molecule has 31 heavy (non-hydrogen) atoms. The molecule has 0 amide bonds. The first-order valence-electron chi connectivity index (χ1n) is 9.94. The highest BCUT2D eigenvalue weighted by Gasteiger charge is 2.39. The predicted molar refractivity (Wildman–Crippen MR) is 111 cm³/mol. The van der Waals surface area contributed by atoms with Gasteiger partial charge in [0.25, 0.3) is 0 Å². The number of hydrogen-bond donors (Lipinski definition) is 0. The van der Waals surface area contributed by atoms with Gasteiger partial charge < -0.3 is 0 Å². The summed E-state index contributed by atoms with van der Waals surface area (Å²) in [6.07, 6.45) is -1.94. The first kappa shape index (κ1) is 23.3. The lowest BCUT2D eigenvalue weighted by atomic mass is 9.74. The molecule has 0 unspecified atom stereocenters. The van der Waals surface area contributed by atoms with E-state index in [9.17, 15) is 26.0 Å². The summed E-state index contributed by atoms with van der Waals surface area (Å²) in [4.78, 5) is 2.31. The summed E-state index contributed by atoms with van der Waals surface area (Å²) in [5.41, 5.74) is -1.38. The van der Waals surface area contributed by atoms with Crippen molar-refractivity contribution < 1.29 is 26.0 Å². The molecule has 1 saturated carbocycles. The molecule has 0 bridgehead atoms. The molecular formula is C23H23F4NO2S. The largest absolute Gasteiger partial charge is 0.417 e. The van der Waals surface area contributed by atoms with E-state index >= 15 is 0 Å². The Kier molecular flexibility index (Phi) is 6.21. The molecule has 2 aromatic carbocycles. The summed E-state index contributed by atoms with van der Waals surface area (Å²) in [5, 5.41) is 0. The van der Waals surface area contributed by atoms with Crippen LogP contribution in [0.5, 0.6) is 0 Å². The average Bonchev–Trinajstić information content (AvgIpc) is 2.68. The molecule has 0 atom stereocenters. The van der Waals surface area contributed by atoms with Gasteiger partial charge in [0.2, 0.25) is 0 Å². The minimum atomic E-state index is -4.92. The topological polar surface area (TPSA) is 38.5 Å². The van der Waals surface area contributed by atoms with Crippen molar-refractivity contribution in [2.24, 2.45) is 11.3 Å². The normalized spacial score (nSPS) is 17.3. The lowest BCUT2D eigenvalue weighted by Gasteiger charge is -2.34. The molecule has 0 N–H and O–H groups in total. The summed E-state index contributed by atoms with van der Waals surface area (Å²) < 4.78 is 81.5. The van der Waals surface area contributed by atoms with E-state index in [-0.39, 0.29) is 33.9 Å². The molecule has 2 aromatic rings. The Morgan fingerprint density at radius 2 is 1.74 bits per heavy atom. The van der Waals surface area contributed by atoms with E-state index < -0.39 is 32.3 Å². The fraction of sp³-hybridized carbons (Fsp3) is 0.435. The Balaban J connectivity index is 1.98. The lowest BCUT2D eigenvalue weighted by molar-refractivity contribution is -0.139. The summed E-state index contributed by atoms with van der Waals surface area (Å²) in [6, 6.07) is 6.23. The van der Waals surface area contributed by atoms with Crippen LogP contribution >= 0.6 is 0 Å². The van der Waals surface area contributed by atoms with Gasteiger partial charge in [-0.3, -0.25) is 0 Å². The maximum Gasteiger partial charge on any atom is 0.417 e. The van der Waals surface area contributed by atoms with Crippen LogP contribution in [0.1, 0.15) is 45.1 Å². The summed E-state index contributed by atoms with van der Waals surface area (Å²) in [5.74, 6) is -1.36. The van der Waals surface area contributed by atoms with Crippen LogP contribution in [-0.2, 0) is 16.0 Å². The molecule has 1 aliphatic carbocycles. The molecule has 0 aliphatic heterocycles. The van der Waals surface area contributed by atoms with Crippen molar-refractivity contribution in [3.8, 4) is 11.1 Å². The Morgan fingerprint density at radius 3 is 2.29 bits per heavy atom. The number of halogens is 4. The van der Waals surface area contributed by atoms with Crippen molar-refractivity contribution in [1.82, 2.24) is 0 Å². The van der Waals surface area contributed by atoms with Crippen molar-refractivity contribution >= 4 is 15.5 Å². The van der Waals surface area contributed by atoms with Gasteiger partial charge in [-0.25, -0.2) is 17.7 Å². The molecule has 1 fully saturated rings. The van der Waals surface area contributed by atoms with Crippen LogP contribution in [-0.4, -0.2) is 14.2 Å². The summed E-state index contributed by atoms with van der Waals surface area (Å²) in [6.45, 7) is 11.1. The minimum absolute atomic E-state index is 0.0205. The molecule has 166 valence electrons. The molecule has 1 aliphatic rings. The van der Waals surface area contributed by atoms with Crippen molar-refractivity contribution in [2.75, 3.05) is 5.75 Å². The van der Waals surface area contributed by atoms with Gasteiger partial charge in [-0.1, -0.05) is 32.0 Å². The van der Waals surface area contributed by atoms with Crippen molar-refractivity contribution in [1.29, 1.82) is 0 Å².